The summed E-state index contributed by atoms with van der Waals surface area (Å²) in [5.41, 5.74) is 1.10. The maximum atomic E-state index is 9.24. The number of benzene rings is 1. The molecule has 2 aromatic rings. The van der Waals surface area contributed by atoms with Crippen molar-refractivity contribution in [2.75, 3.05) is 25.1 Å². The number of ether oxygens (including phenoxy) is 1. The molecular weight excluding hydrogens is 254 g/mol. The van der Waals surface area contributed by atoms with Gasteiger partial charge < -0.3 is 14.1 Å². The maximum Gasteiger partial charge on any atom is 0.235 e. The monoisotopic (exact) mass is 269 g/mol. The fourth-order valence-corrected chi connectivity index (χ4v) is 2.46. The molecule has 20 heavy (non-hydrogen) atoms. The van der Waals surface area contributed by atoms with E-state index < -0.39 is 0 Å². The van der Waals surface area contributed by atoms with Crippen molar-refractivity contribution in [2.45, 2.75) is 12.8 Å². The van der Waals surface area contributed by atoms with Gasteiger partial charge in [0.2, 0.25) is 17.5 Å². The molecule has 0 radical (unpaired) electrons. The average Bonchev–Trinajstić information content (AvgIpc) is 3.15. The highest BCUT2D eigenvalue weighted by Crippen LogP contribution is 2.34. The summed E-state index contributed by atoms with van der Waals surface area (Å²) in [5.74, 6) is 1.69. The molecule has 0 N–H and O–H groups in total. The van der Waals surface area contributed by atoms with E-state index in [1.54, 1.807) is 7.11 Å². The van der Waals surface area contributed by atoms with Crippen LogP contribution >= 0.6 is 0 Å². The second-order valence-electron chi connectivity index (χ2n) is 4.68. The van der Waals surface area contributed by atoms with Gasteiger partial charge in [-0.2, -0.15) is 10.2 Å². The summed E-state index contributed by atoms with van der Waals surface area (Å²) in [6.07, 6.45) is 2.24. The number of methoxy groups -OCH3 is 1. The minimum atomic E-state index is 0.341. The van der Waals surface area contributed by atoms with E-state index in [1.165, 1.54) is 0 Å². The van der Waals surface area contributed by atoms with Gasteiger partial charge in [-0.3, -0.25) is 0 Å². The third-order valence-electron chi connectivity index (χ3n) is 3.45. The van der Waals surface area contributed by atoms with E-state index in [2.05, 4.69) is 16.0 Å². The van der Waals surface area contributed by atoms with Crippen molar-refractivity contribution in [1.82, 2.24) is 4.98 Å². The van der Waals surface area contributed by atoms with E-state index in [-0.39, 0.29) is 0 Å². The molecule has 0 atom stereocenters. The Morgan fingerprint density at radius 3 is 2.75 bits per heavy atom. The minimum Gasteiger partial charge on any atom is -0.496 e. The van der Waals surface area contributed by atoms with Crippen molar-refractivity contribution >= 4 is 5.88 Å². The third-order valence-corrected chi connectivity index (χ3v) is 3.45. The Labute approximate surface area is 117 Å². The van der Waals surface area contributed by atoms with Crippen LogP contribution in [-0.4, -0.2) is 25.2 Å². The number of nitrogens with zero attached hydrogens (tertiary/aromatic N) is 3. The first kappa shape index (κ1) is 12.5. The average molecular weight is 269 g/mol. The van der Waals surface area contributed by atoms with Crippen LogP contribution in [0.5, 0.6) is 5.75 Å². The van der Waals surface area contributed by atoms with Crippen molar-refractivity contribution in [1.29, 1.82) is 5.26 Å². The van der Waals surface area contributed by atoms with E-state index in [4.69, 9.17) is 9.15 Å². The molecule has 2 heterocycles. The molecule has 5 heteroatoms. The SMILES string of the molecule is COc1ccccc1-c1nc(C#N)c(N2CCCC2)o1. The smallest absolute Gasteiger partial charge is 0.235 e. The first-order valence-electron chi connectivity index (χ1n) is 6.62. The van der Waals surface area contributed by atoms with Crippen LogP contribution in [0.1, 0.15) is 18.5 Å². The van der Waals surface area contributed by atoms with E-state index in [1.807, 2.05) is 24.3 Å². The summed E-state index contributed by atoms with van der Waals surface area (Å²) in [6.45, 7) is 1.82. The summed E-state index contributed by atoms with van der Waals surface area (Å²) in [6, 6.07) is 9.61. The number of anilines is 1. The summed E-state index contributed by atoms with van der Waals surface area (Å²) >= 11 is 0. The zero-order chi connectivity index (χ0) is 13.9. The molecule has 1 aliphatic heterocycles. The molecule has 1 aliphatic rings. The van der Waals surface area contributed by atoms with E-state index in [0.29, 0.717) is 23.2 Å². The van der Waals surface area contributed by atoms with Crippen LogP contribution in [0.15, 0.2) is 28.7 Å². The van der Waals surface area contributed by atoms with Gasteiger partial charge in [0.05, 0.1) is 12.7 Å². The molecule has 1 saturated heterocycles. The highest BCUT2D eigenvalue weighted by atomic mass is 16.5. The van der Waals surface area contributed by atoms with E-state index in [0.717, 1.165) is 31.5 Å². The van der Waals surface area contributed by atoms with Gasteiger partial charge >= 0.3 is 0 Å². The van der Waals surface area contributed by atoms with Gasteiger partial charge in [0.25, 0.3) is 0 Å². The van der Waals surface area contributed by atoms with Gasteiger partial charge in [-0.15, -0.1) is 0 Å². The van der Waals surface area contributed by atoms with Gasteiger partial charge in [0, 0.05) is 13.1 Å². The largest absolute Gasteiger partial charge is 0.496 e. The number of para-hydroxylation sites is 1. The lowest BCUT2D eigenvalue weighted by Crippen LogP contribution is -2.17. The predicted octanol–water partition coefficient (Wildman–Crippen LogP) is 2.82. The van der Waals surface area contributed by atoms with Crippen LogP contribution in [0.3, 0.4) is 0 Å². The van der Waals surface area contributed by atoms with Crippen LogP contribution in [0.25, 0.3) is 11.5 Å². The zero-order valence-electron chi connectivity index (χ0n) is 11.3. The molecule has 1 fully saturated rings. The maximum absolute atomic E-state index is 9.24. The van der Waals surface area contributed by atoms with Crippen LogP contribution < -0.4 is 9.64 Å². The second kappa shape index (κ2) is 5.25. The lowest BCUT2D eigenvalue weighted by atomic mass is 10.2. The second-order valence-corrected chi connectivity index (χ2v) is 4.68. The Kier molecular flexibility index (Phi) is 3.30. The molecule has 1 aromatic carbocycles. The Morgan fingerprint density at radius 1 is 1.30 bits per heavy atom. The van der Waals surface area contributed by atoms with Crippen molar-refractivity contribution in [3.8, 4) is 23.3 Å². The number of oxazole rings is 1. The van der Waals surface area contributed by atoms with Gasteiger partial charge in [0.15, 0.2) is 0 Å². The highest BCUT2D eigenvalue weighted by molar-refractivity contribution is 5.65. The fraction of sp³-hybridized carbons (Fsp3) is 0.333. The summed E-state index contributed by atoms with van der Waals surface area (Å²) in [7, 11) is 1.61. The van der Waals surface area contributed by atoms with Crippen molar-refractivity contribution < 1.29 is 9.15 Å². The van der Waals surface area contributed by atoms with Crippen molar-refractivity contribution in [3.63, 3.8) is 0 Å². The summed E-state index contributed by atoms with van der Waals surface area (Å²) in [4.78, 5) is 6.38. The zero-order valence-corrected chi connectivity index (χ0v) is 11.3. The molecular formula is C15H15N3O2. The molecule has 0 amide bonds. The molecule has 1 aromatic heterocycles. The first-order valence-corrected chi connectivity index (χ1v) is 6.62. The van der Waals surface area contributed by atoms with Gasteiger partial charge in [0.1, 0.15) is 11.8 Å². The van der Waals surface area contributed by atoms with Crippen LogP contribution in [0.2, 0.25) is 0 Å². The molecule has 0 bridgehead atoms. The van der Waals surface area contributed by atoms with E-state index >= 15 is 0 Å². The molecule has 102 valence electrons. The fourth-order valence-electron chi connectivity index (χ4n) is 2.46. The number of nitriles is 1. The van der Waals surface area contributed by atoms with Crippen molar-refractivity contribution in [2.24, 2.45) is 0 Å². The first-order chi connectivity index (χ1) is 9.83. The van der Waals surface area contributed by atoms with E-state index in [9.17, 15) is 5.26 Å². The summed E-state index contributed by atoms with van der Waals surface area (Å²) in [5, 5.41) is 9.24. The van der Waals surface area contributed by atoms with Crippen LogP contribution in [-0.2, 0) is 0 Å². The third kappa shape index (κ3) is 2.10. The lowest BCUT2D eigenvalue weighted by Gasteiger charge is -2.12. The topological polar surface area (TPSA) is 62.3 Å². The van der Waals surface area contributed by atoms with Gasteiger partial charge in [-0.1, -0.05) is 12.1 Å². The van der Waals surface area contributed by atoms with Crippen LogP contribution in [0.4, 0.5) is 5.88 Å². The minimum absolute atomic E-state index is 0.341. The summed E-state index contributed by atoms with van der Waals surface area (Å²) < 4.78 is 11.1. The lowest BCUT2D eigenvalue weighted by molar-refractivity contribution is 0.414. The van der Waals surface area contributed by atoms with Gasteiger partial charge in [-0.05, 0) is 25.0 Å². The van der Waals surface area contributed by atoms with Crippen molar-refractivity contribution in [3.05, 3.63) is 30.0 Å². The Balaban J connectivity index is 2.05. The number of hydrogen-bond acceptors (Lipinski definition) is 5. The number of rotatable bonds is 3. The molecule has 0 aliphatic carbocycles. The highest BCUT2D eigenvalue weighted by Gasteiger charge is 2.23. The molecule has 0 saturated carbocycles. The molecule has 5 nitrogen and oxygen atoms in total. The molecule has 0 unspecified atom stereocenters. The standard InChI is InChI=1S/C15H15N3O2/c1-19-13-7-3-2-6-11(13)14-17-12(10-16)15(20-14)18-8-4-5-9-18/h2-3,6-7H,4-5,8-9H2,1H3. The number of hydrogen-bond donors (Lipinski definition) is 0. The normalized spacial score (nSPS) is 14.3. The quantitative estimate of drug-likeness (QED) is 0.857. The Bertz CT molecular complexity index is 651. The predicted molar refractivity (Wildman–Crippen MR) is 74.7 cm³/mol. The molecule has 3 rings (SSSR count). The number of aromatic nitrogens is 1. The Hall–Kier alpha value is -2.48. The molecule has 0 spiro atoms. The Morgan fingerprint density at radius 2 is 2.05 bits per heavy atom. The van der Waals surface area contributed by atoms with Crippen LogP contribution in [0, 0.1) is 11.3 Å². The van der Waals surface area contributed by atoms with Gasteiger partial charge in [-0.25, -0.2) is 0 Å².